The van der Waals surface area contributed by atoms with Crippen LogP contribution < -0.4 is 5.32 Å². The zero-order chi connectivity index (χ0) is 13.7. The fourth-order valence-electron chi connectivity index (χ4n) is 1.91. The highest BCUT2D eigenvalue weighted by Crippen LogP contribution is 2.23. The zero-order valence-electron chi connectivity index (χ0n) is 10.7. The molecule has 4 heteroatoms. The first-order valence-electron chi connectivity index (χ1n) is 6.30. The lowest BCUT2D eigenvalue weighted by atomic mass is 10.1. The summed E-state index contributed by atoms with van der Waals surface area (Å²) in [5.74, 6) is -0.494. The molecule has 1 N–H and O–H groups in total. The van der Waals surface area contributed by atoms with Gasteiger partial charge in [-0.3, -0.25) is 4.79 Å². The quantitative estimate of drug-likeness (QED) is 0.873. The van der Waals surface area contributed by atoms with Crippen LogP contribution in [0, 0.1) is 5.82 Å². The van der Waals surface area contributed by atoms with E-state index in [1.54, 1.807) is 11.3 Å². The lowest BCUT2D eigenvalue weighted by molar-refractivity contribution is 0.0935. The molecule has 0 spiro atoms. The van der Waals surface area contributed by atoms with Gasteiger partial charge in [0.2, 0.25) is 0 Å². The maximum absolute atomic E-state index is 12.8. The second-order valence-electron chi connectivity index (χ2n) is 4.34. The van der Waals surface area contributed by atoms with Crippen molar-refractivity contribution >= 4 is 17.2 Å². The van der Waals surface area contributed by atoms with E-state index >= 15 is 0 Å². The largest absolute Gasteiger partial charge is 0.344 e. The lowest BCUT2D eigenvalue weighted by Gasteiger charge is -2.16. The minimum absolute atomic E-state index is 0.0301. The fourth-order valence-corrected chi connectivity index (χ4v) is 2.72. The molecular formula is C15H16FNOS. The predicted octanol–water partition coefficient (Wildman–Crippen LogP) is 4.16. The van der Waals surface area contributed by atoms with Crippen LogP contribution in [-0.2, 0) is 0 Å². The number of halogens is 1. The zero-order valence-corrected chi connectivity index (χ0v) is 11.5. The molecule has 0 saturated carbocycles. The average Bonchev–Trinajstić information content (AvgIpc) is 2.92. The first-order valence-corrected chi connectivity index (χ1v) is 7.18. The Hall–Kier alpha value is -1.68. The van der Waals surface area contributed by atoms with Gasteiger partial charge < -0.3 is 5.32 Å². The van der Waals surface area contributed by atoms with E-state index in [0.717, 1.165) is 17.7 Å². The van der Waals surface area contributed by atoms with Crippen molar-refractivity contribution in [3.63, 3.8) is 0 Å². The molecule has 2 rings (SSSR count). The van der Waals surface area contributed by atoms with E-state index < -0.39 is 0 Å². The van der Waals surface area contributed by atoms with Gasteiger partial charge in [-0.15, -0.1) is 11.3 Å². The highest BCUT2D eigenvalue weighted by Gasteiger charge is 2.15. The van der Waals surface area contributed by atoms with Gasteiger partial charge in [0.15, 0.2) is 0 Å². The van der Waals surface area contributed by atoms with Crippen molar-refractivity contribution in [2.75, 3.05) is 0 Å². The molecule has 0 aliphatic rings. The third-order valence-corrected chi connectivity index (χ3v) is 3.86. The summed E-state index contributed by atoms with van der Waals surface area (Å²) < 4.78 is 12.8. The van der Waals surface area contributed by atoms with E-state index in [-0.39, 0.29) is 17.8 Å². The SMILES string of the molecule is CCCC(NC(=O)c1ccc(F)cc1)c1cccs1. The minimum atomic E-state index is -0.333. The third-order valence-electron chi connectivity index (χ3n) is 2.88. The van der Waals surface area contributed by atoms with Crippen LogP contribution in [0.2, 0.25) is 0 Å². The molecule has 0 aliphatic heterocycles. The molecule has 1 atom stereocenters. The summed E-state index contributed by atoms with van der Waals surface area (Å²) in [6.45, 7) is 2.09. The van der Waals surface area contributed by atoms with Crippen molar-refractivity contribution in [1.82, 2.24) is 5.32 Å². The predicted molar refractivity (Wildman–Crippen MR) is 75.8 cm³/mol. The maximum atomic E-state index is 12.8. The van der Waals surface area contributed by atoms with Crippen molar-refractivity contribution in [2.45, 2.75) is 25.8 Å². The molecule has 0 aliphatic carbocycles. The number of amides is 1. The first-order chi connectivity index (χ1) is 9.20. The van der Waals surface area contributed by atoms with Crippen molar-refractivity contribution < 1.29 is 9.18 Å². The topological polar surface area (TPSA) is 29.1 Å². The first kappa shape index (κ1) is 13.7. The van der Waals surface area contributed by atoms with Gasteiger partial charge >= 0.3 is 0 Å². The van der Waals surface area contributed by atoms with Crippen LogP contribution in [0.5, 0.6) is 0 Å². The molecule has 100 valence electrons. The highest BCUT2D eigenvalue weighted by molar-refractivity contribution is 7.10. The van der Waals surface area contributed by atoms with Crippen molar-refractivity contribution in [3.8, 4) is 0 Å². The van der Waals surface area contributed by atoms with Gasteiger partial charge in [0.05, 0.1) is 6.04 Å². The summed E-state index contributed by atoms with van der Waals surface area (Å²) in [7, 11) is 0. The Bertz CT molecular complexity index is 522. The van der Waals surface area contributed by atoms with Gasteiger partial charge in [-0.05, 0) is 42.1 Å². The summed E-state index contributed by atoms with van der Waals surface area (Å²) in [4.78, 5) is 13.3. The van der Waals surface area contributed by atoms with E-state index in [4.69, 9.17) is 0 Å². The van der Waals surface area contributed by atoms with Crippen LogP contribution in [0.3, 0.4) is 0 Å². The molecule has 1 amide bonds. The summed E-state index contributed by atoms with van der Waals surface area (Å²) in [6.07, 6.45) is 1.89. The lowest BCUT2D eigenvalue weighted by Crippen LogP contribution is -2.27. The van der Waals surface area contributed by atoms with Crippen LogP contribution >= 0.6 is 11.3 Å². The standard InChI is InChI=1S/C15H16FNOS/c1-2-4-13(14-5-3-10-19-14)17-15(18)11-6-8-12(16)9-7-11/h3,5-10,13H,2,4H2,1H3,(H,17,18). The second kappa shape index (κ2) is 6.48. The van der Waals surface area contributed by atoms with Gasteiger partial charge in [-0.2, -0.15) is 0 Å². The summed E-state index contributed by atoms with van der Waals surface area (Å²) in [5, 5.41) is 5.01. The number of rotatable bonds is 5. The number of benzene rings is 1. The second-order valence-corrected chi connectivity index (χ2v) is 5.32. The fraction of sp³-hybridized carbons (Fsp3) is 0.267. The van der Waals surface area contributed by atoms with Crippen LogP contribution in [0.25, 0.3) is 0 Å². The number of hydrogen-bond acceptors (Lipinski definition) is 2. The number of thiophene rings is 1. The van der Waals surface area contributed by atoms with Crippen LogP contribution in [0.1, 0.15) is 41.0 Å². The molecule has 1 heterocycles. The molecule has 2 nitrogen and oxygen atoms in total. The molecule has 0 radical (unpaired) electrons. The van der Waals surface area contributed by atoms with Gasteiger partial charge in [0.25, 0.3) is 5.91 Å². The Morgan fingerprint density at radius 2 is 2.05 bits per heavy atom. The van der Waals surface area contributed by atoms with Crippen molar-refractivity contribution in [2.24, 2.45) is 0 Å². The van der Waals surface area contributed by atoms with E-state index in [0.29, 0.717) is 5.56 Å². The Labute approximate surface area is 116 Å². The Morgan fingerprint density at radius 1 is 1.32 bits per heavy atom. The maximum Gasteiger partial charge on any atom is 0.251 e. The third kappa shape index (κ3) is 3.64. The Balaban J connectivity index is 2.09. The molecule has 0 fully saturated rings. The molecule has 19 heavy (non-hydrogen) atoms. The van der Waals surface area contributed by atoms with Gasteiger partial charge in [0.1, 0.15) is 5.82 Å². The number of nitrogens with one attached hydrogen (secondary N) is 1. The smallest absolute Gasteiger partial charge is 0.251 e. The summed E-state index contributed by atoms with van der Waals surface area (Å²) >= 11 is 1.64. The number of carbonyl (C=O) groups excluding carboxylic acids is 1. The monoisotopic (exact) mass is 277 g/mol. The molecule has 1 aromatic carbocycles. The minimum Gasteiger partial charge on any atom is -0.344 e. The molecule has 0 bridgehead atoms. The number of hydrogen-bond donors (Lipinski definition) is 1. The van der Waals surface area contributed by atoms with Crippen LogP contribution in [0.4, 0.5) is 4.39 Å². The van der Waals surface area contributed by atoms with Gasteiger partial charge in [-0.25, -0.2) is 4.39 Å². The van der Waals surface area contributed by atoms with Gasteiger partial charge in [-0.1, -0.05) is 19.4 Å². The van der Waals surface area contributed by atoms with E-state index in [2.05, 4.69) is 12.2 Å². The Kier molecular flexibility index (Phi) is 4.68. The molecular weight excluding hydrogens is 261 g/mol. The normalized spacial score (nSPS) is 12.1. The van der Waals surface area contributed by atoms with E-state index in [1.165, 1.54) is 24.3 Å². The molecule has 1 aromatic heterocycles. The summed E-state index contributed by atoms with van der Waals surface area (Å²) in [5.41, 5.74) is 0.485. The average molecular weight is 277 g/mol. The molecule has 0 saturated heterocycles. The van der Waals surface area contributed by atoms with E-state index in [9.17, 15) is 9.18 Å². The number of carbonyl (C=O) groups is 1. The van der Waals surface area contributed by atoms with Crippen molar-refractivity contribution in [1.29, 1.82) is 0 Å². The van der Waals surface area contributed by atoms with Gasteiger partial charge in [0, 0.05) is 10.4 Å². The van der Waals surface area contributed by atoms with Crippen LogP contribution in [0.15, 0.2) is 41.8 Å². The molecule has 2 aromatic rings. The van der Waals surface area contributed by atoms with Crippen molar-refractivity contribution in [3.05, 3.63) is 58.0 Å². The summed E-state index contributed by atoms with van der Waals surface area (Å²) in [6, 6.07) is 9.64. The molecule has 1 unspecified atom stereocenters. The van der Waals surface area contributed by atoms with E-state index in [1.807, 2.05) is 17.5 Å². The highest BCUT2D eigenvalue weighted by atomic mass is 32.1. The van der Waals surface area contributed by atoms with Crippen LogP contribution in [-0.4, -0.2) is 5.91 Å². The Morgan fingerprint density at radius 3 is 2.63 bits per heavy atom.